The van der Waals surface area contributed by atoms with E-state index in [0.29, 0.717) is 12.7 Å². The van der Waals surface area contributed by atoms with Crippen LogP contribution >= 0.6 is 0 Å². The number of hydrogen-bond acceptors (Lipinski definition) is 2. The first-order valence-corrected chi connectivity index (χ1v) is 9.54. The topological polar surface area (TPSA) is 21.8 Å². The van der Waals surface area contributed by atoms with Crippen LogP contribution in [0.3, 0.4) is 0 Å². The Bertz CT molecular complexity index is 576. The van der Waals surface area contributed by atoms with Gasteiger partial charge in [-0.05, 0) is 74.5 Å². The van der Waals surface area contributed by atoms with E-state index in [2.05, 4.69) is 37.8 Å². The van der Waals surface area contributed by atoms with Crippen LogP contribution in [0.5, 0.6) is 0 Å². The van der Waals surface area contributed by atoms with E-state index in [1.165, 1.54) is 19.3 Å². The van der Waals surface area contributed by atoms with Gasteiger partial charge in [-0.2, -0.15) is 0 Å². The number of ether oxygens (including phenoxy) is 2. The van der Waals surface area contributed by atoms with Crippen LogP contribution in [0, 0.1) is 53.3 Å². The predicted octanol–water partition coefficient (Wildman–Crippen LogP) is 3.67. The van der Waals surface area contributed by atoms with E-state index in [4.69, 9.17) is 9.47 Å². The predicted molar refractivity (Wildman–Crippen MR) is 89.6 cm³/mol. The molecule has 0 aromatic carbocycles. The molecule has 3 saturated carbocycles. The summed E-state index contributed by atoms with van der Waals surface area (Å²) in [7, 11) is 0. The fraction of sp³-hybridized carbons (Fsp3) is 0.810. The standard InChI is InChI=1S/C21H28O2/c1-21(2,23-12-17-11-22-17)7-3-4-13-8-16-10-18(13)20-15-6-5-14(9-15)19(16)20/h5-6,13-20H,4,8-12H2,1-2H3/t13-,14+,15+,16+,17+,18-,19+,20+/m1/s1. The highest BCUT2D eigenvalue weighted by atomic mass is 16.6. The Morgan fingerprint density at radius 3 is 2.70 bits per heavy atom. The fourth-order valence-corrected chi connectivity index (χ4v) is 6.28. The van der Waals surface area contributed by atoms with E-state index >= 15 is 0 Å². The molecule has 0 aromatic heterocycles. The first-order chi connectivity index (χ1) is 11.1. The molecule has 23 heavy (non-hydrogen) atoms. The number of fused-ring (bicyclic) bond motifs is 9. The summed E-state index contributed by atoms with van der Waals surface area (Å²) in [6.07, 6.45) is 10.9. The molecule has 1 heterocycles. The Balaban J connectivity index is 1.20. The highest BCUT2D eigenvalue weighted by Crippen LogP contribution is 2.67. The van der Waals surface area contributed by atoms with Crippen molar-refractivity contribution in [3.63, 3.8) is 0 Å². The molecule has 0 aromatic rings. The molecule has 4 bridgehead atoms. The summed E-state index contributed by atoms with van der Waals surface area (Å²) in [6, 6.07) is 0. The summed E-state index contributed by atoms with van der Waals surface area (Å²) in [5, 5.41) is 0. The number of epoxide rings is 1. The highest BCUT2D eigenvalue weighted by molar-refractivity contribution is 5.21. The molecule has 4 fully saturated rings. The first-order valence-electron chi connectivity index (χ1n) is 9.54. The van der Waals surface area contributed by atoms with E-state index in [0.717, 1.165) is 54.5 Å². The summed E-state index contributed by atoms with van der Waals surface area (Å²) < 4.78 is 11.1. The lowest BCUT2D eigenvalue weighted by atomic mass is 9.69. The molecular weight excluding hydrogens is 284 g/mol. The summed E-state index contributed by atoms with van der Waals surface area (Å²) in [5.74, 6) is 13.6. The summed E-state index contributed by atoms with van der Waals surface area (Å²) >= 11 is 0. The van der Waals surface area contributed by atoms with E-state index in [9.17, 15) is 0 Å². The normalized spacial score (nSPS) is 48.4. The number of allylic oxidation sites excluding steroid dienone is 2. The molecule has 1 aliphatic heterocycles. The molecule has 0 unspecified atom stereocenters. The van der Waals surface area contributed by atoms with Gasteiger partial charge in [-0.1, -0.05) is 24.0 Å². The second-order valence-corrected chi connectivity index (χ2v) is 9.04. The maximum absolute atomic E-state index is 5.88. The SMILES string of the molecule is CC(C)(C#CC[C@@H]1C[C@H]2C[C@H]1[C@H]1[C@H]2[C@H]2C=C[C@H]1C2)OC[C@@H]1CO1. The minimum atomic E-state index is -0.332. The van der Waals surface area contributed by atoms with Gasteiger partial charge in [0, 0.05) is 6.42 Å². The van der Waals surface area contributed by atoms with Crippen LogP contribution in [0.2, 0.25) is 0 Å². The van der Waals surface area contributed by atoms with Crippen molar-refractivity contribution in [1.29, 1.82) is 0 Å². The Hall–Kier alpha value is -0.780. The van der Waals surface area contributed by atoms with Gasteiger partial charge in [0.1, 0.15) is 11.7 Å². The van der Waals surface area contributed by atoms with Crippen molar-refractivity contribution in [2.24, 2.45) is 41.4 Å². The number of hydrogen-bond donors (Lipinski definition) is 0. The monoisotopic (exact) mass is 312 g/mol. The average molecular weight is 312 g/mol. The molecule has 2 nitrogen and oxygen atoms in total. The quantitative estimate of drug-likeness (QED) is 0.342. The Morgan fingerprint density at radius 1 is 1.13 bits per heavy atom. The minimum Gasteiger partial charge on any atom is -0.371 e. The Labute approximate surface area is 140 Å². The Kier molecular flexibility index (Phi) is 3.23. The van der Waals surface area contributed by atoms with Gasteiger partial charge in [-0.15, -0.1) is 0 Å². The lowest BCUT2D eigenvalue weighted by molar-refractivity contribution is 0.0177. The van der Waals surface area contributed by atoms with Crippen LogP contribution in [0.25, 0.3) is 0 Å². The molecule has 5 rings (SSSR count). The zero-order valence-electron chi connectivity index (χ0n) is 14.3. The van der Waals surface area contributed by atoms with Crippen molar-refractivity contribution in [2.45, 2.75) is 51.2 Å². The molecule has 2 heteroatoms. The van der Waals surface area contributed by atoms with Crippen molar-refractivity contribution >= 4 is 0 Å². The third kappa shape index (κ3) is 2.48. The molecule has 124 valence electrons. The van der Waals surface area contributed by atoms with Gasteiger partial charge < -0.3 is 9.47 Å². The van der Waals surface area contributed by atoms with Gasteiger partial charge >= 0.3 is 0 Å². The van der Waals surface area contributed by atoms with Crippen LogP contribution < -0.4 is 0 Å². The van der Waals surface area contributed by atoms with E-state index < -0.39 is 0 Å². The average Bonchev–Trinajstić information content (AvgIpc) is 2.92. The van der Waals surface area contributed by atoms with E-state index in [-0.39, 0.29) is 5.60 Å². The molecule has 4 aliphatic carbocycles. The molecule has 0 spiro atoms. The zero-order chi connectivity index (χ0) is 15.6. The van der Waals surface area contributed by atoms with Crippen molar-refractivity contribution < 1.29 is 9.47 Å². The van der Waals surface area contributed by atoms with Gasteiger partial charge in [0.25, 0.3) is 0 Å². The second kappa shape index (κ2) is 5.11. The van der Waals surface area contributed by atoms with Crippen LogP contribution in [-0.2, 0) is 9.47 Å². The third-order valence-electron chi connectivity index (χ3n) is 7.19. The van der Waals surface area contributed by atoms with Crippen LogP contribution in [-0.4, -0.2) is 24.9 Å². The Morgan fingerprint density at radius 2 is 1.91 bits per heavy atom. The van der Waals surface area contributed by atoms with Crippen LogP contribution in [0.1, 0.15) is 39.5 Å². The van der Waals surface area contributed by atoms with Gasteiger partial charge in [0.05, 0.1) is 13.2 Å². The summed E-state index contributed by atoms with van der Waals surface area (Å²) in [5.41, 5.74) is -0.332. The molecular formula is C21H28O2. The van der Waals surface area contributed by atoms with Crippen molar-refractivity contribution in [1.82, 2.24) is 0 Å². The summed E-state index contributed by atoms with van der Waals surface area (Å²) in [4.78, 5) is 0. The molecule has 0 radical (unpaired) electrons. The van der Waals surface area contributed by atoms with Gasteiger partial charge in [-0.25, -0.2) is 0 Å². The maximum atomic E-state index is 5.88. The minimum absolute atomic E-state index is 0.324. The van der Waals surface area contributed by atoms with Gasteiger partial charge in [-0.3, -0.25) is 0 Å². The van der Waals surface area contributed by atoms with Crippen molar-refractivity contribution in [3.8, 4) is 11.8 Å². The van der Waals surface area contributed by atoms with Crippen molar-refractivity contribution in [2.75, 3.05) is 13.2 Å². The highest BCUT2D eigenvalue weighted by Gasteiger charge is 2.60. The van der Waals surface area contributed by atoms with Crippen molar-refractivity contribution in [3.05, 3.63) is 12.2 Å². The molecule has 8 atom stereocenters. The maximum Gasteiger partial charge on any atom is 0.123 e. The molecule has 0 amide bonds. The lowest BCUT2D eigenvalue weighted by Gasteiger charge is -2.36. The fourth-order valence-electron chi connectivity index (χ4n) is 6.28. The number of rotatable bonds is 4. The smallest absolute Gasteiger partial charge is 0.123 e. The molecule has 5 aliphatic rings. The van der Waals surface area contributed by atoms with Gasteiger partial charge in [0.2, 0.25) is 0 Å². The second-order valence-electron chi connectivity index (χ2n) is 9.04. The zero-order valence-corrected chi connectivity index (χ0v) is 14.3. The van der Waals surface area contributed by atoms with E-state index in [1.54, 1.807) is 0 Å². The lowest BCUT2D eigenvalue weighted by Crippen LogP contribution is -2.31. The van der Waals surface area contributed by atoms with Gasteiger partial charge in [0.15, 0.2) is 0 Å². The van der Waals surface area contributed by atoms with Crippen LogP contribution in [0.15, 0.2) is 12.2 Å². The van der Waals surface area contributed by atoms with Crippen LogP contribution in [0.4, 0.5) is 0 Å². The van der Waals surface area contributed by atoms with E-state index in [1.807, 2.05) is 0 Å². The largest absolute Gasteiger partial charge is 0.371 e. The summed E-state index contributed by atoms with van der Waals surface area (Å²) in [6.45, 7) is 5.71. The molecule has 0 N–H and O–H groups in total. The first kappa shape index (κ1) is 14.6. The molecule has 1 saturated heterocycles. The third-order valence-corrected chi connectivity index (χ3v) is 7.19.